The number of carbonyl (C=O) groups excluding carboxylic acids is 10. The number of cyclic esters (lactones) is 2. The highest BCUT2D eigenvalue weighted by Crippen LogP contribution is 2.58. The zero-order valence-corrected chi connectivity index (χ0v) is 65.7. The number of carbonyl (C=O) groups is 10. The second-order valence-electron chi connectivity index (χ2n) is 28.7. The molecule has 0 radical (unpaired) electrons. The van der Waals surface area contributed by atoms with E-state index in [1.165, 1.54) is 0 Å². The van der Waals surface area contributed by atoms with Crippen molar-refractivity contribution in [1.82, 2.24) is 0 Å². The van der Waals surface area contributed by atoms with Crippen LogP contribution in [0.15, 0.2) is 91.0 Å². The van der Waals surface area contributed by atoms with Crippen LogP contribution in [0.25, 0.3) is 22.3 Å². The molecule has 0 amide bonds. The lowest BCUT2D eigenvalue weighted by atomic mass is 9.91. The molecule has 10 atom stereocenters. The quantitative estimate of drug-likeness (QED) is 0.0419. The van der Waals surface area contributed by atoms with Crippen LogP contribution in [0.4, 0.5) is 0 Å². The Morgan fingerprint density at radius 2 is 0.485 bits per heavy atom. The van der Waals surface area contributed by atoms with Gasteiger partial charge in [-0.1, -0.05) is 0 Å². The maximum absolute atomic E-state index is 15.5. The van der Waals surface area contributed by atoms with Gasteiger partial charge in [0.25, 0.3) is 0 Å². The van der Waals surface area contributed by atoms with E-state index in [4.69, 9.17) is 61.6 Å². The molecule has 0 aliphatic carbocycles. The molecule has 4 aliphatic heterocycles. The van der Waals surface area contributed by atoms with Crippen LogP contribution in [0.2, 0.25) is 0 Å². The van der Waals surface area contributed by atoms with Crippen molar-refractivity contribution in [2.45, 2.75) is 61.4 Å². The van der Waals surface area contributed by atoms with Gasteiger partial charge in [-0.25, -0.2) is 47.9 Å². The molecule has 29 N–H and O–H groups in total. The Morgan fingerprint density at radius 1 is 0.246 bits per heavy atom. The van der Waals surface area contributed by atoms with Crippen molar-refractivity contribution < 1.29 is 258 Å². The van der Waals surface area contributed by atoms with Crippen LogP contribution in [0.5, 0.6) is 178 Å². The maximum Gasteiger partial charge on any atom is 0.344 e. The van der Waals surface area contributed by atoms with Gasteiger partial charge in [0, 0.05) is 34.4 Å². The van der Waals surface area contributed by atoms with Crippen molar-refractivity contribution in [1.29, 1.82) is 0 Å². The molecule has 10 aromatic carbocycles. The predicted octanol–water partition coefficient (Wildman–Crippen LogP) is 3.73. The van der Waals surface area contributed by atoms with Crippen molar-refractivity contribution >= 4 is 59.7 Å². The molecule has 52 nitrogen and oxygen atoms in total. The van der Waals surface area contributed by atoms with Crippen LogP contribution in [0.3, 0.4) is 0 Å². The first-order valence-corrected chi connectivity index (χ1v) is 37.0. The fraction of sp³-hybridized carbons (Fsp3) is 0.146. The summed E-state index contributed by atoms with van der Waals surface area (Å²) >= 11 is 0. The number of esters is 10. The van der Waals surface area contributed by atoms with E-state index in [1.54, 1.807) is 0 Å². The van der Waals surface area contributed by atoms with Crippen molar-refractivity contribution in [3.63, 3.8) is 0 Å². The molecule has 14 rings (SSSR count). The second-order valence-corrected chi connectivity index (χ2v) is 28.7. The molecule has 0 bridgehead atoms. The van der Waals surface area contributed by atoms with Gasteiger partial charge in [0.05, 0.1) is 50.1 Å². The molecule has 0 spiro atoms. The lowest BCUT2D eigenvalue weighted by Crippen LogP contribution is -2.63. The Bertz CT molecular complexity index is 6630. The van der Waals surface area contributed by atoms with Crippen LogP contribution in [0.1, 0.15) is 104 Å². The highest BCUT2D eigenvalue weighted by molar-refractivity contribution is 6.11. The molecule has 52 heteroatoms. The zero-order chi connectivity index (χ0) is 97.7. The molecular weight excluding hydrogens is 1820 g/mol. The van der Waals surface area contributed by atoms with E-state index in [1.807, 2.05) is 0 Å². The maximum atomic E-state index is 15.5. The Kier molecular flexibility index (Phi) is 23.2. The van der Waals surface area contributed by atoms with Crippen molar-refractivity contribution in [2.24, 2.45) is 0 Å². The molecule has 2 fully saturated rings. The van der Waals surface area contributed by atoms with Gasteiger partial charge in [0.2, 0.25) is 59.3 Å². The summed E-state index contributed by atoms with van der Waals surface area (Å²) in [5.74, 6) is -65.9. The fourth-order valence-corrected chi connectivity index (χ4v) is 13.9. The number of hydrogen-bond acceptors (Lipinski definition) is 52. The largest absolute Gasteiger partial charge is 0.504 e. The molecule has 698 valence electrons. The predicted molar refractivity (Wildman–Crippen MR) is 415 cm³/mol. The number of phenols is 29. The summed E-state index contributed by atoms with van der Waals surface area (Å²) in [5, 5.41) is 315. The van der Waals surface area contributed by atoms with Gasteiger partial charge in [-0.2, -0.15) is 0 Å². The van der Waals surface area contributed by atoms with E-state index in [-0.39, 0.29) is 24.3 Å². The summed E-state index contributed by atoms with van der Waals surface area (Å²) in [6, 6.07) is 4.94. The zero-order valence-electron chi connectivity index (χ0n) is 65.7. The average Bonchev–Trinajstić information content (AvgIpc) is 1.18. The van der Waals surface area contributed by atoms with E-state index in [0.29, 0.717) is 66.7 Å². The number of hydrogen-bond donors (Lipinski definition) is 29. The summed E-state index contributed by atoms with van der Waals surface area (Å²) in [6.07, 6.45) is -28.5. The number of fused-ring (bicyclic) bond motifs is 8. The molecule has 4 aliphatic rings. The van der Waals surface area contributed by atoms with E-state index in [2.05, 4.69) is 0 Å². The third-order valence-corrected chi connectivity index (χ3v) is 20.4. The standard InChI is InChI=1S/C82H58O52/c83-28-1-18(2-29(84)49(28)97)71(112)129-67-65-43(125-81(133-75(116)22-9-36(91)53(101)37(92)10-22)69(67)131-73(114)20-5-32(87)51(99)33(88)6-20)17-123-77(118)26-15-42(58(106)62(110)48(26)47-25(79(120)127-65)13-40(95)56(104)61(47)109)124-64-27(14-41(96)57(105)63(64)111)80(121)134-82-70(132-74(115)21-7-34(89)52(100)35(90)8-21)68(130-72(113)19-3-30(85)50(98)31(86)4-19)66-44(126-82)16-122-76(117)23-11-38(93)54(102)59(107)45(23)46-24(78(119)128-66)12-39(94)55(103)60(46)108/h1-15,43-44,65-70,81-111H,16-17H2/t43-,44?,65?,66-,67+,68+,69-,70-,81+,82+/m1/s1. The van der Waals surface area contributed by atoms with E-state index >= 15 is 19.2 Å². The summed E-state index contributed by atoms with van der Waals surface area (Å²) in [7, 11) is 0. The van der Waals surface area contributed by atoms with E-state index in [9.17, 15) is 177 Å². The monoisotopic (exact) mass is 1870 g/mol. The molecule has 2 saturated heterocycles. The smallest absolute Gasteiger partial charge is 0.344 e. The Labute approximate surface area is 736 Å². The molecule has 10 aromatic rings. The van der Waals surface area contributed by atoms with Crippen LogP contribution >= 0.6 is 0 Å². The first-order chi connectivity index (χ1) is 63.0. The van der Waals surface area contributed by atoms with Crippen molar-refractivity contribution in [3.05, 3.63) is 147 Å². The van der Waals surface area contributed by atoms with E-state index < -0.39 is 390 Å². The van der Waals surface area contributed by atoms with Gasteiger partial charge < -0.3 is 210 Å². The minimum absolute atomic E-state index is 0.0750. The lowest BCUT2D eigenvalue weighted by Gasteiger charge is -2.43. The number of aromatic hydroxyl groups is 29. The molecule has 2 unspecified atom stereocenters. The minimum atomic E-state index is -3.13. The fourth-order valence-electron chi connectivity index (χ4n) is 13.9. The number of ether oxygens (including phenoxy) is 13. The third kappa shape index (κ3) is 16.2. The third-order valence-electron chi connectivity index (χ3n) is 20.4. The summed E-state index contributed by atoms with van der Waals surface area (Å²) in [5.41, 5.74) is -17.7. The first kappa shape index (κ1) is 91.0. The van der Waals surface area contributed by atoms with Crippen LogP contribution in [-0.4, -0.2) is 282 Å². The van der Waals surface area contributed by atoms with Gasteiger partial charge in [0.1, 0.15) is 31.0 Å². The Hall–Kier alpha value is -19.2. The highest BCUT2D eigenvalue weighted by Gasteiger charge is 2.58. The molecule has 4 heterocycles. The number of benzene rings is 10. The Balaban J connectivity index is 0.901. The summed E-state index contributed by atoms with van der Waals surface area (Å²) < 4.78 is 74.3. The number of phenolic OH excluding ortho intramolecular Hbond substituents is 29. The van der Waals surface area contributed by atoms with Crippen molar-refractivity contribution in [3.8, 4) is 200 Å². The highest BCUT2D eigenvalue weighted by atomic mass is 16.8. The molecule has 0 saturated carbocycles. The molecular formula is C82H58O52. The second kappa shape index (κ2) is 34.2. The minimum Gasteiger partial charge on any atom is -0.504 e. The average molecular weight is 1880 g/mol. The molecule has 134 heavy (non-hydrogen) atoms. The van der Waals surface area contributed by atoms with Gasteiger partial charge in [-0.05, 0) is 78.9 Å². The van der Waals surface area contributed by atoms with Crippen LogP contribution in [0, 0.1) is 0 Å². The van der Waals surface area contributed by atoms with Gasteiger partial charge in [-0.15, -0.1) is 0 Å². The first-order valence-electron chi connectivity index (χ1n) is 37.0. The van der Waals surface area contributed by atoms with Gasteiger partial charge >= 0.3 is 59.7 Å². The lowest BCUT2D eigenvalue weighted by molar-refractivity contribution is -0.282. The number of rotatable bonds is 14. The Morgan fingerprint density at radius 3 is 0.791 bits per heavy atom. The van der Waals surface area contributed by atoms with Crippen LogP contribution in [-0.2, 0) is 56.8 Å². The SMILES string of the molecule is O=C(O[C@@H]1O[C@@H]2COC(=O)c3cc(Oc4c(C(=O)O[C@@H]5OC6COC(=O)c7cc(O)c(O)c(O)c7-c7c(cc(O)c(O)c7O)C(=O)O[C@H]6[C@H](OC(=O)c6cc(O)c(O)c(O)c6)[C@H]5OC(=O)c5cc(O)c(O)c(O)c5)cc(O)c(O)c4O)c(O)c(O)c3-c3c(cc(O)c(O)c3O)C(=O)OC2[C@H](OC(=O)c2cc(O)c(O)c(O)c2)[C@H]1OC(=O)c1cc(O)c(O)c(O)c1)c1cc(O)c(O)c(O)c1. The normalized spacial score (nSPS) is 19.1. The topological polar surface area (TPSA) is 877 Å². The van der Waals surface area contributed by atoms with E-state index in [0.717, 1.165) is 0 Å². The van der Waals surface area contributed by atoms with Crippen LogP contribution < -0.4 is 4.74 Å². The summed E-state index contributed by atoms with van der Waals surface area (Å²) in [6.45, 7) is -3.27. The van der Waals surface area contributed by atoms with Gasteiger partial charge in [-0.3, -0.25) is 0 Å². The van der Waals surface area contributed by atoms with Gasteiger partial charge in [0.15, 0.2) is 168 Å². The summed E-state index contributed by atoms with van der Waals surface area (Å²) in [4.78, 5) is 148. The van der Waals surface area contributed by atoms with Crippen molar-refractivity contribution in [2.75, 3.05) is 13.2 Å². The molecule has 0 aromatic heterocycles.